The molecule has 110 valence electrons. The van der Waals surface area contributed by atoms with Crippen LogP contribution in [0.2, 0.25) is 0 Å². The van der Waals surface area contributed by atoms with Crippen LogP contribution in [0, 0.1) is 0 Å². The van der Waals surface area contributed by atoms with E-state index in [1.54, 1.807) is 0 Å². The molecule has 0 aromatic heterocycles. The standard InChI is InChI=1S/C17H26N2O/c1-12(16(20)19-17(2,3)4)18-15-11-7-9-13-8-5-6-10-14(13)15/h7,9,11-12,18H,5-6,8,10H2,1-4H3,(H,19,20)/t12-/m1/s1. The van der Waals surface area contributed by atoms with E-state index in [1.165, 1.54) is 24.0 Å². The molecule has 3 heteroatoms. The number of hydrogen-bond acceptors (Lipinski definition) is 2. The molecule has 1 aromatic rings. The summed E-state index contributed by atoms with van der Waals surface area (Å²) >= 11 is 0. The normalized spacial score (nSPS) is 16.2. The molecule has 0 fully saturated rings. The fraction of sp³-hybridized carbons (Fsp3) is 0.588. The molecular formula is C17H26N2O. The number of hydrogen-bond donors (Lipinski definition) is 2. The Kier molecular flexibility index (Phi) is 4.36. The average molecular weight is 274 g/mol. The smallest absolute Gasteiger partial charge is 0.242 e. The predicted octanol–water partition coefficient (Wildman–Crippen LogP) is 3.28. The number of rotatable bonds is 3. The van der Waals surface area contributed by atoms with E-state index in [0.717, 1.165) is 18.5 Å². The van der Waals surface area contributed by atoms with Gasteiger partial charge in [-0.3, -0.25) is 4.79 Å². The van der Waals surface area contributed by atoms with Crippen molar-refractivity contribution in [3.8, 4) is 0 Å². The van der Waals surface area contributed by atoms with Crippen molar-refractivity contribution in [3.63, 3.8) is 0 Å². The number of fused-ring (bicyclic) bond motifs is 1. The maximum atomic E-state index is 12.2. The lowest BCUT2D eigenvalue weighted by atomic mass is 9.90. The van der Waals surface area contributed by atoms with Crippen LogP contribution < -0.4 is 10.6 Å². The van der Waals surface area contributed by atoms with Crippen molar-refractivity contribution < 1.29 is 4.79 Å². The van der Waals surface area contributed by atoms with Gasteiger partial charge in [-0.15, -0.1) is 0 Å². The van der Waals surface area contributed by atoms with Crippen molar-refractivity contribution in [1.29, 1.82) is 0 Å². The molecule has 1 aliphatic carbocycles. The van der Waals surface area contributed by atoms with Crippen LogP contribution in [-0.4, -0.2) is 17.5 Å². The molecule has 0 bridgehead atoms. The first kappa shape index (κ1) is 14.9. The van der Waals surface area contributed by atoms with Crippen molar-refractivity contribution in [3.05, 3.63) is 29.3 Å². The zero-order valence-electron chi connectivity index (χ0n) is 13.0. The molecule has 0 aliphatic heterocycles. The second-order valence-corrected chi connectivity index (χ2v) is 6.76. The number of anilines is 1. The van der Waals surface area contributed by atoms with Gasteiger partial charge in [0.25, 0.3) is 0 Å². The summed E-state index contributed by atoms with van der Waals surface area (Å²) in [6.45, 7) is 7.93. The second kappa shape index (κ2) is 5.86. The maximum Gasteiger partial charge on any atom is 0.242 e. The number of benzene rings is 1. The highest BCUT2D eigenvalue weighted by Gasteiger charge is 2.20. The van der Waals surface area contributed by atoms with E-state index in [2.05, 4.69) is 28.8 Å². The highest BCUT2D eigenvalue weighted by molar-refractivity contribution is 5.85. The Bertz CT molecular complexity index is 488. The first-order chi connectivity index (χ1) is 9.37. The van der Waals surface area contributed by atoms with E-state index in [-0.39, 0.29) is 17.5 Å². The van der Waals surface area contributed by atoms with Crippen LogP contribution in [0.3, 0.4) is 0 Å². The van der Waals surface area contributed by atoms with E-state index in [4.69, 9.17) is 0 Å². The molecule has 0 heterocycles. The van der Waals surface area contributed by atoms with Gasteiger partial charge in [0, 0.05) is 11.2 Å². The fourth-order valence-electron chi connectivity index (χ4n) is 2.69. The molecule has 3 nitrogen and oxygen atoms in total. The van der Waals surface area contributed by atoms with Gasteiger partial charge in [0.1, 0.15) is 6.04 Å². The van der Waals surface area contributed by atoms with Crippen molar-refractivity contribution in [1.82, 2.24) is 5.32 Å². The Hall–Kier alpha value is -1.51. The zero-order chi connectivity index (χ0) is 14.8. The van der Waals surface area contributed by atoms with Gasteiger partial charge in [0.2, 0.25) is 5.91 Å². The minimum Gasteiger partial charge on any atom is -0.374 e. The monoisotopic (exact) mass is 274 g/mol. The molecule has 2 N–H and O–H groups in total. The van der Waals surface area contributed by atoms with Crippen molar-refractivity contribution >= 4 is 11.6 Å². The van der Waals surface area contributed by atoms with Crippen LogP contribution in [0.5, 0.6) is 0 Å². The molecule has 2 rings (SSSR count). The van der Waals surface area contributed by atoms with E-state index in [9.17, 15) is 4.79 Å². The number of amides is 1. The molecular weight excluding hydrogens is 248 g/mol. The van der Waals surface area contributed by atoms with Crippen LogP contribution in [0.1, 0.15) is 51.7 Å². The largest absolute Gasteiger partial charge is 0.374 e. The average Bonchev–Trinajstić information content (AvgIpc) is 2.37. The van der Waals surface area contributed by atoms with Gasteiger partial charge in [-0.1, -0.05) is 12.1 Å². The van der Waals surface area contributed by atoms with Crippen molar-refractivity contribution in [2.24, 2.45) is 0 Å². The Morgan fingerprint density at radius 2 is 1.90 bits per heavy atom. The first-order valence-corrected chi connectivity index (χ1v) is 7.56. The lowest BCUT2D eigenvalue weighted by molar-refractivity contribution is -0.122. The maximum absolute atomic E-state index is 12.2. The topological polar surface area (TPSA) is 41.1 Å². The minimum atomic E-state index is -0.220. The molecule has 1 amide bonds. The van der Waals surface area contributed by atoms with Crippen LogP contribution in [0.25, 0.3) is 0 Å². The number of aryl methyl sites for hydroxylation is 1. The van der Waals surface area contributed by atoms with Crippen molar-refractivity contribution in [2.45, 2.75) is 65.0 Å². The summed E-state index contributed by atoms with van der Waals surface area (Å²) in [6.07, 6.45) is 4.80. The number of carbonyl (C=O) groups excluding carboxylic acids is 1. The third kappa shape index (κ3) is 3.75. The first-order valence-electron chi connectivity index (χ1n) is 7.56. The van der Waals surface area contributed by atoms with Crippen LogP contribution in [0.4, 0.5) is 5.69 Å². The van der Waals surface area contributed by atoms with E-state index in [0.29, 0.717) is 0 Å². The molecule has 1 atom stereocenters. The summed E-state index contributed by atoms with van der Waals surface area (Å²) in [7, 11) is 0. The number of nitrogens with one attached hydrogen (secondary N) is 2. The summed E-state index contributed by atoms with van der Waals surface area (Å²) in [5.74, 6) is 0.0471. The third-order valence-corrected chi connectivity index (χ3v) is 3.66. The van der Waals surface area contributed by atoms with Gasteiger partial charge in [-0.05, 0) is 70.6 Å². The molecule has 0 spiro atoms. The molecule has 0 saturated carbocycles. The summed E-state index contributed by atoms with van der Waals surface area (Å²) in [5.41, 5.74) is 3.76. The fourth-order valence-corrected chi connectivity index (χ4v) is 2.69. The minimum absolute atomic E-state index is 0.0471. The van der Waals surface area contributed by atoms with Crippen molar-refractivity contribution in [2.75, 3.05) is 5.32 Å². The van der Waals surface area contributed by atoms with Gasteiger partial charge in [0.05, 0.1) is 0 Å². The summed E-state index contributed by atoms with van der Waals surface area (Å²) < 4.78 is 0. The molecule has 0 radical (unpaired) electrons. The van der Waals surface area contributed by atoms with Gasteiger partial charge in [0.15, 0.2) is 0 Å². The van der Waals surface area contributed by atoms with E-state index >= 15 is 0 Å². The third-order valence-electron chi connectivity index (χ3n) is 3.66. The second-order valence-electron chi connectivity index (χ2n) is 6.76. The Morgan fingerprint density at radius 3 is 2.60 bits per heavy atom. The Labute approximate surface area is 122 Å². The lowest BCUT2D eigenvalue weighted by Gasteiger charge is -2.26. The Morgan fingerprint density at radius 1 is 1.20 bits per heavy atom. The van der Waals surface area contributed by atoms with E-state index in [1.807, 2.05) is 27.7 Å². The molecule has 1 aliphatic rings. The summed E-state index contributed by atoms with van der Waals surface area (Å²) in [5, 5.41) is 6.40. The van der Waals surface area contributed by atoms with Gasteiger partial charge < -0.3 is 10.6 Å². The highest BCUT2D eigenvalue weighted by Crippen LogP contribution is 2.28. The lowest BCUT2D eigenvalue weighted by Crippen LogP contribution is -2.47. The zero-order valence-corrected chi connectivity index (χ0v) is 13.0. The van der Waals surface area contributed by atoms with Crippen LogP contribution in [0.15, 0.2) is 18.2 Å². The van der Waals surface area contributed by atoms with Gasteiger partial charge in [-0.25, -0.2) is 0 Å². The molecule has 1 aromatic carbocycles. The number of carbonyl (C=O) groups is 1. The molecule has 0 unspecified atom stereocenters. The Balaban J connectivity index is 2.08. The summed E-state index contributed by atoms with van der Waals surface area (Å²) in [4.78, 5) is 12.2. The highest BCUT2D eigenvalue weighted by atomic mass is 16.2. The van der Waals surface area contributed by atoms with Gasteiger partial charge in [-0.2, -0.15) is 0 Å². The predicted molar refractivity (Wildman–Crippen MR) is 84.1 cm³/mol. The van der Waals surface area contributed by atoms with Crippen LogP contribution >= 0.6 is 0 Å². The summed E-state index contributed by atoms with van der Waals surface area (Å²) in [6, 6.07) is 6.16. The quantitative estimate of drug-likeness (QED) is 0.888. The van der Waals surface area contributed by atoms with Crippen LogP contribution in [-0.2, 0) is 17.6 Å². The van der Waals surface area contributed by atoms with E-state index < -0.39 is 0 Å². The molecule has 0 saturated heterocycles. The van der Waals surface area contributed by atoms with Gasteiger partial charge >= 0.3 is 0 Å². The molecule has 20 heavy (non-hydrogen) atoms. The SMILES string of the molecule is C[C@@H](Nc1cccc2c1CCCC2)C(=O)NC(C)(C)C.